The van der Waals surface area contributed by atoms with Gasteiger partial charge in [-0.2, -0.15) is 0 Å². The molecule has 0 aromatic carbocycles. The molecule has 18 nitrogen and oxygen atoms in total. The van der Waals surface area contributed by atoms with Crippen molar-refractivity contribution in [2.75, 3.05) is 0 Å². The number of nitrogens with one attached hydrogen (secondary N) is 2. The number of carboxylic acid groups (broad SMARTS) is 7. The molecule has 0 saturated carbocycles. The maximum atomic E-state index is 12.3. The number of hydrogen-bond donors (Lipinski definition) is 9. The number of carboxylic acids is 7. The van der Waals surface area contributed by atoms with Crippen molar-refractivity contribution in [1.82, 2.24) is 19.9 Å². The lowest BCUT2D eigenvalue weighted by Crippen LogP contribution is -2.04. The van der Waals surface area contributed by atoms with Gasteiger partial charge in [-0.3, -0.25) is 33.6 Å². The summed E-state index contributed by atoms with van der Waals surface area (Å²) < 4.78 is 0. The molecule has 0 unspecified atom stereocenters. The van der Waals surface area contributed by atoms with Gasteiger partial charge in [-0.15, -0.1) is 0 Å². The highest BCUT2D eigenvalue weighted by atomic mass is 16.4. The monoisotopic (exact) mass is 800 g/mol. The SMILES string of the molecule is Cc1c(CCC(=O)O)c2cc3nc(cc4[nH]c(cc5nc(cc1[nH]2)C(CCC(=O)O)=C5CCC(=O)O)c(CCC(=O)O)c4CC(=O)O)C(CCC(=O)O)=C3CC(=O)O. The summed E-state index contributed by atoms with van der Waals surface area (Å²) in [4.78, 5) is 99.6. The van der Waals surface area contributed by atoms with E-state index in [1.54, 1.807) is 13.0 Å². The van der Waals surface area contributed by atoms with Crippen molar-refractivity contribution in [2.24, 2.45) is 0 Å². The highest BCUT2D eigenvalue weighted by molar-refractivity contribution is 6.01. The largest absolute Gasteiger partial charge is 0.481 e. The van der Waals surface area contributed by atoms with E-state index in [0.717, 1.165) is 0 Å². The van der Waals surface area contributed by atoms with Gasteiger partial charge in [-0.25, -0.2) is 9.97 Å². The van der Waals surface area contributed by atoms with E-state index < -0.39 is 67.5 Å². The Hall–Kier alpha value is -7.11. The van der Waals surface area contributed by atoms with Gasteiger partial charge in [0.2, 0.25) is 0 Å². The van der Waals surface area contributed by atoms with Crippen LogP contribution in [0.5, 0.6) is 0 Å². The van der Waals surface area contributed by atoms with E-state index in [2.05, 4.69) is 9.97 Å². The molecular weight excluding hydrogens is 760 g/mol. The molecule has 8 bridgehead atoms. The van der Waals surface area contributed by atoms with Crippen molar-refractivity contribution in [1.29, 1.82) is 0 Å². The van der Waals surface area contributed by atoms with E-state index in [-0.39, 0.29) is 107 Å². The summed E-state index contributed by atoms with van der Waals surface area (Å²) in [6.45, 7) is 1.72. The zero-order valence-corrected chi connectivity index (χ0v) is 31.2. The maximum absolute atomic E-state index is 12.3. The van der Waals surface area contributed by atoms with Crippen molar-refractivity contribution in [3.05, 3.63) is 69.3 Å². The van der Waals surface area contributed by atoms with Gasteiger partial charge >= 0.3 is 41.8 Å². The van der Waals surface area contributed by atoms with E-state index >= 15 is 0 Å². The fourth-order valence-electron chi connectivity index (χ4n) is 7.29. The van der Waals surface area contributed by atoms with E-state index in [1.165, 1.54) is 18.2 Å². The second-order valence-electron chi connectivity index (χ2n) is 13.8. The number of H-pyrrole nitrogens is 2. The van der Waals surface area contributed by atoms with Gasteiger partial charge in [-0.05, 0) is 108 Å². The fraction of sp³-hybridized carbons (Fsp3) is 0.325. The Kier molecular flexibility index (Phi) is 12.9. The van der Waals surface area contributed by atoms with Crippen LogP contribution in [-0.4, -0.2) is 97.5 Å². The number of aliphatic carboxylic acids is 7. The fourth-order valence-corrected chi connectivity index (χ4v) is 7.29. The lowest BCUT2D eigenvalue weighted by Gasteiger charge is -2.07. The van der Waals surface area contributed by atoms with E-state index in [9.17, 15) is 69.3 Å². The van der Waals surface area contributed by atoms with Crippen LogP contribution in [0, 0.1) is 6.92 Å². The second kappa shape index (κ2) is 17.8. The summed E-state index contributed by atoms with van der Waals surface area (Å²) in [5, 5.41) is 68.2. The van der Waals surface area contributed by atoms with E-state index in [1.807, 2.05) is 0 Å². The van der Waals surface area contributed by atoms with Crippen LogP contribution in [0.25, 0.3) is 44.4 Å². The molecule has 3 aromatic heterocycles. The van der Waals surface area contributed by atoms with Crippen LogP contribution in [-0.2, 0) is 52.8 Å². The lowest BCUT2D eigenvalue weighted by molar-refractivity contribution is -0.138. The maximum Gasteiger partial charge on any atom is 0.307 e. The van der Waals surface area contributed by atoms with Gasteiger partial charge in [0.05, 0.1) is 35.6 Å². The third kappa shape index (κ3) is 10.00. The van der Waals surface area contributed by atoms with Crippen molar-refractivity contribution >= 4 is 86.1 Å². The molecule has 5 rings (SSSR count). The molecule has 58 heavy (non-hydrogen) atoms. The van der Waals surface area contributed by atoms with Crippen LogP contribution in [0.3, 0.4) is 0 Å². The number of nitrogens with zero attached hydrogens (tertiary/aromatic N) is 2. The van der Waals surface area contributed by atoms with Gasteiger partial charge < -0.3 is 45.7 Å². The summed E-state index contributed by atoms with van der Waals surface area (Å²) in [5.74, 6) is -8.28. The number of aromatic nitrogens is 4. The standard InChI is InChI=1S/C40H40N4O14/c1-18-19(2-7-34(45)46)27-15-32-24(12-39(55)56)23(6-11-38(53)54)31(44-32)17-33-25(13-40(57)58)22(5-10-37(51)52)30(43-33)16-29-21(4-9-36(49)50)20(3-8-35(47)48)28(42-29)14-26(18)41-27/h14-17,41,43H,2-13H2,1H3,(H,45,46)(H,47,48)(H,49,50)(H,51,52)(H,53,54)(H,55,56)(H,57,58). The number of aromatic amines is 2. The minimum atomic E-state index is -1.28. The lowest BCUT2D eigenvalue weighted by atomic mass is 9.95. The predicted octanol–water partition coefficient (Wildman–Crippen LogP) is 5.18. The first-order chi connectivity index (χ1) is 27.4. The minimum absolute atomic E-state index is 0.0169. The third-order valence-electron chi connectivity index (χ3n) is 9.91. The molecule has 0 atom stereocenters. The Morgan fingerprint density at radius 3 is 1.17 bits per heavy atom. The van der Waals surface area contributed by atoms with Gasteiger partial charge in [-0.1, -0.05) is 0 Å². The molecule has 18 heteroatoms. The number of aryl methyl sites for hydroxylation is 3. The Morgan fingerprint density at radius 2 is 0.741 bits per heavy atom. The molecule has 2 aliphatic rings. The number of carbonyl (C=O) groups is 7. The minimum Gasteiger partial charge on any atom is -0.481 e. The summed E-state index contributed by atoms with van der Waals surface area (Å²) in [5.41, 5.74) is 4.53. The summed E-state index contributed by atoms with van der Waals surface area (Å²) in [6.07, 6.45) is -3.55. The van der Waals surface area contributed by atoms with Crippen LogP contribution in [0.1, 0.15) is 103 Å². The number of allylic oxidation sites excluding steroid dienone is 3. The summed E-state index contributed by atoms with van der Waals surface area (Å²) in [7, 11) is 0. The Balaban J connectivity index is 2.03. The van der Waals surface area contributed by atoms with Crippen LogP contribution < -0.4 is 0 Å². The third-order valence-corrected chi connectivity index (χ3v) is 9.91. The van der Waals surface area contributed by atoms with Crippen molar-refractivity contribution in [3.63, 3.8) is 0 Å². The molecule has 0 spiro atoms. The number of fused-ring (bicyclic) bond motifs is 8. The van der Waals surface area contributed by atoms with Gasteiger partial charge in [0.25, 0.3) is 0 Å². The first-order valence-electron chi connectivity index (χ1n) is 18.1. The molecule has 0 amide bonds. The Labute approximate surface area is 328 Å². The molecule has 5 heterocycles. The molecule has 2 aliphatic heterocycles. The summed E-state index contributed by atoms with van der Waals surface area (Å²) >= 11 is 0. The highest BCUT2D eigenvalue weighted by Crippen LogP contribution is 2.40. The molecule has 3 aromatic rings. The van der Waals surface area contributed by atoms with Crippen molar-refractivity contribution < 1.29 is 69.3 Å². The predicted molar refractivity (Wildman–Crippen MR) is 205 cm³/mol. The average Bonchev–Trinajstić information content (AvgIpc) is 3.80. The smallest absolute Gasteiger partial charge is 0.307 e. The molecule has 0 aliphatic carbocycles. The Bertz CT molecular complexity index is 2490. The van der Waals surface area contributed by atoms with E-state index in [4.69, 9.17) is 9.97 Å². The molecule has 9 N–H and O–H groups in total. The molecule has 0 fully saturated rings. The quantitative estimate of drug-likeness (QED) is 0.0754. The molecular formula is C40H40N4O14. The number of rotatable bonds is 19. The molecule has 304 valence electrons. The van der Waals surface area contributed by atoms with Crippen molar-refractivity contribution in [2.45, 2.75) is 84.0 Å². The van der Waals surface area contributed by atoms with Crippen LogP contribution in [0.4, 0.5) is 0 Å². The zero-order valence-electron chi connectivity index (χ0n) is 31.2. The summed E-state index contributed by atoms with van der Waals surface area (Å²) in [6, 6.07) is 6.07. The average molecular weight is 801 g/mol. The molecule has 0 radical (unpaired) electrons. The number of hydrogen-bond acceptors (Lipinski definition) is 9. The first-order valence-corrected chi connectivity index (χ1v) is 18.1. The molecule has 0 saturated heterocycles. The van der Waals surface area contributed by atoms with Gasteiger partial charge in [0, 0.05) is 54.2 Å². The topological polar surface area (TPSA) is 318 Å². The highest BCUT2D eigenvalue weighted by Gasteiger charge is 2.26. The Morgan fingerprint density at radius 1 is 0.414 bits per heavy atom. The van der Waals surface area contributed by atoms with Gasteiger partial charge in [0.1, 0.15) is 0 Å². The zero-order chi connectivity index (χ0) is 42.4. The second-order valence-corrected chi connectivity index (χ2v) is 13.8. The van der Waals surface area contributed by atoms with Crippen LogP contribution in [0.2, 0.25) is 0 Å². The normalized spacial score (nSPS) is 12.5. The van der Waals surface area contributed by atoms with Gasteiger partial charge in [0.15, 0.2) is 0 Å². The van der Waals surface area contributed by atoms with Crippen LogP contribution in [0.15, 0.2) is 24.3 Å². The first kappa shape index (κ1) is 42.0. The van der Waals surface area contributed by atoms with Crippen LogP contribution >= 0.6 is 0 Å². The van der Waals surface area contributed by atoms with E-state index in [0.29, 0.717) is 33.3 Å². The van der Waals surface area contributed by atoms with Crippen molar-refractivity contribution in [3.8, 4) is 0 Å².